The smallest absolute Gasteiger partial charge is 0.182 e. The zero-order chi connectivity index (χ0) is 99.8. The Morgan fingerprint density at radius 3 is 0.833 bits per heavy atom. The first kappa shape index (κ1) is 108. The maximum absolute atomic E-state index is 12.9. The van der Waals surface area contributed by atoms with Crippen molar-refractivity contribution in [3.8, 4) is 55.6 Å². The molecule has 0 bridgehead atoms. The van der Waals surface area contributed by atoms with Gasteiger partial charge in [-0.3, -0.25) is 0 Å². The summed E-state index contributed by atoms with van der Waals surface area (Å²) in [5.41, 5.74) is 18.1. The molecule has 15 aromatic carbocycles. The predicted molar refractivity (Wildman–Crippen MR) is 576 cm³/mol. The van der Waals surface area contributed by atoms with Gasteiger partial charge < -0.3 is 10.2 Å². The number of hydrogen-bond acceptors (Lipinski definition) is 12. The first-order chi connectivity index (χ1) is 65.2. The Morgan fingerprint density at radius 2 is 0.558 bits per heavy atom. The summed E-state index contributed by atoms with van der Waals surface area (Å²) >= 11 is 60.9. The lowest BCUT2D eigenvalue weighted by atomic mass is 9.86. The molecule has 1 fully saturated rings. The maximum atomic E-state index is 12.9. The third kappa shape index (κ3) is 30.0. The highest BCUT2D eigenvalue weighted by Crippen LogP contribution is 2.48. The van der Waals surface area contributed by atoms with Crippen LogP contribution in [0.1, 0.15) is 116 Å². The molecule has 0 amide bonds. The lowest BCUT2D eigenvalue weighted by Crippen LogP contribution is -2.12. The van der Waals surface area contributed by atoms with E-state index in [1.807, 2.05) is 172 Å². The fraction of sp³-hybridized carbons (Fsp3) is 0.189. The number of nitrogens with zero attached hydrogens (tertiary/aromatic N) is 1. The third-order valence-corrected chi connectivity index (χ3v) is 34.2. The molecule has 27 heteroatoms. The van der Waals surface area contributed by atoms with Gasteiger partial charge in [0.15, 0.2) is 49.2 Å². The largest absolute Gasteiger partial charge is 0.316 e. The molecule has 1 N–H and O–H groups in total. The molecule has 0 unspecified atom stereocenters. The molecule has 12 nitrogen and oxygen atoms in total. The van der Waals surface area contributed by atoms with Crippen LogP contribution in [-0.4, -0.2) is 68.1 Å². The van der Waals surface area contributed by atoms with Crippen molar-refractivity contribution in [2.75, 3.05) is 21.1 Å². The molecule has 138 heavy (non-hydrogen) atoms. The van der Waals surface area contributed by atoms with E-state index in [1.54, 1.807) is 182 Å². The molecule has 0 aromatic heterocycles. The molecular formula is C111H102Cl10N2O10S5. The van der Waals surface area contributed by atoms with E-state index in [1.165, 1.54) is 5.56 Å². The number of halogens is 10. The Bertz CT molecular complexity index is 7300. The molecule has 0 heterocycles. The molecule has 0 spiro atoms. The van der Waals surface area contributed by atoms with Crippen molar-refractivity contribution < 1.29 is 42.1 Å². The van der Waals surface area contributed by atoms with E-state index >= 15 is 0 Å². The van der Waals surface area contributed by atoms with Gasteiger partial charge in [-0.2, -0.15) is 0 Å². The molecule has 1 aliphatic carbocycles. The minimum atomic E-state index is -3.45. The molecule has 15 aromatic rings. The quantitative estimate of drug-likeness (QED) is 0.0541. The molecule has 1 aliphatic rings. The summed E-state index contributed by atoms with van der Waals surface area (Å²) in [4.78, 5) is 3.53. The van der Waals surface area contributed by atoms with Gasteiger partial charge in [-0.15, -0.1) is 0 Å². The first-order valence-electron chi connectivity index (χ1n) is 43.9. The van der Waals surface area contributed by atoms with Gasteiger partial charge >= 0.3 is 0 Å². The van der Waals surface area contributed by atoms with Gasteiger partial charge in [-0.25, -0.2) is 42.1 Å². The van der Waals surface area contributed by atoms with Gasteiger partial charge in [-0.1, -0.05) is 370 Å². The van der Waals surface area contributed by atoms with Crippen LogP contribution in [0.2, 0.25) is 50.2 Å². The van der Waals surface area contributed by atoms with Crippen molar-refractivity contribution in [3.63, 3.8) is 0 Å². The Morgan fingerprint density at radius 1 is 0.304 bits per heavy atom. The highest BCUT2D eigenvalue weighted by Gasteiger charge is 2.39. The summed E-state index contributed by atoms with van der Waals surface area (Å²) in [6, 6.07) is 99.0. The van der Waals surface area contributed by atoms with Crippen molar-refractivity contribution in [2.45, 2.75) is 137 Å². The van der Waals surface area contributed by atoms with Gasteiger partial charge in [0.1, 0.15) is 0 Å². The fourth-order valence-electron chi connectivity index (χ4n) is 15.2. The lowest BCUT2D eigenvalue weighted by molar-refractivity contribution is 0.402. The van der Waals surface area contributed by atoms with Gasteiger partial charge in [0, 0.05) is 91.1 Å². The van der Waals surface area contributed by atoms with Gasteiger partial charge in [0.25, 0.3) is 0 Å². The molecule has 0 radical (unpaired) electrons. The van der Waals surface area contributed by atoms with Gasteiger partial charge in [0.2, 0.25) is 0 Å². The molecule has 1 saturated carbocycles. The summed E-state index contributed by atoms with van der Waals surface area (Å²) in [5.74, 6) is 0.238. The summed E-state index contributed by atoms with van der Waals surface area (Å²) in [5, 5.41) is 8.52. The van der Waals surface area contributed by atoms with Crippen LogP contribution in [0.4, 0.5) is 0 Å². The maximum Gasteiger partial charge on any atom is 0.182 e. The Balaban J connectivity index is 0.000000155. The van der Waals surface area contributed by atoms with E-state index in [4.69, 9.17) is 116 Å². The highest BCUT2D eigenvalue weighted by atomic mass is 35.5. The number of rotatable bonds is 26. The summed E-state index contributed by atoms with van der Waals surface area (Å²) in [7, 11) is -11.3. The summed E-state index contributed by atoms with van der Waals surface area (Å²) in [6.07, 6.45) is 2.33. The molecule has 16 rings (SSSR count). The zero-order valence-electron chi connectivity index (χ0n) is 77.0. The number of nitrogens with one attached hydrogen (secondary N) is 1. The molecule has 0 atom stereocenters. The van der Waals surface area contributed by atoms with Crippen LogP contribution >= 0.6 is 116 Å². The van der Waals surface area contributed by atoms with E-state index in [0.29, 0.717) is 82.3 Å². The Kier molecular flexibility index (Phi) is 36.8. The van der Waals surface area contributed by atoms with Crippen LogP contribution in [0.3, 0.4) is 0 Å². The van der Waals surface area contributed by atoms with Crippen LogP contribution in [-0.2, 0) is 102 Å². The minimum absolute atomic E-state index is 0.00202. The zero-order valence-corrected chi connectivity index (χ0v) is 88.7. The van der Waals surface area contributed by atoms with Crippen LogP contribution in [0.25, 0.3) is 55.6 Å². The van der Waals surface area contributed by atoms with Crippen LogP contribution < -0.4 is 5.32 Å². The van der Waals surface area contributed by atoms with Crippen molar-refractivity contribution in [2.24, 2.45) is 0 Å². The first-order valence-corrected chi connectivity index (χ1v) is 55.9. The van der Waals surface area contributed by atoms with Crippen molar-refractivity contribution in [1.82, 2.24) is 10.2 Å². The predicted octanol–water partition coefficient (Wildman–Crippen LogP) is 31.4. The Hall–Kier alpha value is -9.13. The van der Waals surface area contributed by atoms with E-state index in [0.717, 1.165) is 125 Å². The average Bonchev–Trinajstić information content (AvgIpc) is 1.65. The third-order valence-electron chi connectivity index (χ3n) is 23.0. The summed E-state index contributed by atoms with van der Waals surface area (Å²) < 4.78 is 128. The number of benzene rings is 15. The Labute approximate surface area is 862 Å². The number of hydrogen-bond donors (Lipinski definition) is 1. The minimum Gasteiger partial charge on any atom is -0.316 e. The molecule has 716 valence electrons. The fourth-order valence-corrected chi connectivity index (χ4v) is 24.5. The molecule has 0 saturated heterocycles. The second-order valence-electron chi connectivity index (χ2n) is 35.6. The summed E-state index contributed by atoms with van der Waals surface area (Å²) in [6.45, 7) is 14.2. The second kappa shape index (κ2) is 47.2. The van der Waals surface area contributed by atoms with Gasteiger partial charge in [-0.05, 0) is 256 Å². The van der Waals surface area contributed by atoms with Gasteiger partial charge in [0.05, 0.1) is 53.2 Å². The SMILES string of the molecule is CC(C)(C)c1cccc(CS(=O)(=O)c2ccc(-c3ccc(Cl)cc3Cl)cc2)c1.CC(C)c1cccc(CS(=O)(=O)c2ccc(-c3ccc(Cl)cc3Cl)cc2)c1.CC1(c2cccc(CS(=O)(=O)c3ccc(-c4ccc(Cl)cc4Cl)cc3)c2)CC1.CN(C)Cc1cccc(CS(=O)(=O)c2ccc(-c3ccc(Cl)cc3Cl)cc2)c1.CNCc1cccc(CS(=O)(=O)c2ccc(-c3ccc(Cl)cc3Cl)cc2)c1. The van der Waals surface area contributed by atoms with Crippen molar-refractivity contribution in [1.29, 1.82) is 0 Å². The molecular weight excluding hydrogens is 2040 g/mol. The van der Waals surface area contributed by atoms with Crippen molar-refractivity contribution in [3.05, 3.63) is 440 Å². The van der Waals surface area contributed by atoms with Crippen LogP contribution in [0, 0.1) is 0 Å². The average molecular weight is 2140 g/mol. The normalized spacial score (nSPS) is 12.5. The highest BCUT2D eigenvalue weighted by molar-refractivity contribution is 7.91. The van der Waals surface area contributed by atoms with Crippen LogP contribution in [0.5, 0.6) is 0 Å². The van der Waals surface area contributed by atoms with E-state index in [9.17, 15) is 42.1 Å². The topological polar surface area (TPSA) is 186 Å². The molecule has 0 aliphatic heterocycles. The number of sulfone groups is 5. The van der Waals surface area contributed by atoms with E-state index in [-0.39, 0.29) is 44.5 Å². The van der Waals surface area contributed by atoms with Crippen molar-refractivity contribution >= 4 is 165 Å². The van der Waals surface area contributed by atoms with E-state index < -0.39 is 49.2 Å². The monoisotopic (exact) mass is 2130 g/mol. The standard InChI is InChI=1S/C23H20Cl2O2S.C23H22Cl2O2S.C22H21Cl2NO2S.C22H20Cl2O2S.C21H19Cl2NO2S/c1-23(11-12-23)18-4-2-3-16(13-18)15-28(26,27)20-8-5-17(6-9-20)21-10-7-19(24)14-22(21)25;1-23(2,3)18-6-4-5-16(13-18)15-28(26,27)20-10-7-17(8-11-20)21-12-9-19(24)14-22(21)25;1-25(2)14-16-4-3-5-17(12-16)15-28(26,27)20-9-6-18(7-10-20)21-11-8-19(23)13-22(21)24;1-15(2)18-5-3-4-16(12-18)14-27(25,26)20-9-6-17(7-10-20)21-11-8-19(23)13-22(21)24;1-24-13-15-3-2-4-16(11-15)14-27(25,26)19-8-5-17(6-9-19)20-10-7-18(22)12-21(20)23/h2-10,13-14H,11-12,15H2,1H3;4-14H,15H2,1-3H3;3-13H,14-15H2,1-2H3;3-13,15H,14H2,1-2H3;2-12,24H,13-14H2,1H3. The second-order valence-corrected chi connectivity index (χ2v) is 49.7. The van der Waals surface area contributed by atoms with Crippen LogP contribution in [0.15, 0.2) is 358 Å². The van der Waals surface area contributed by atoms with E-state index in [2.05, 4.69) is 52.9 Å². The lowest BCUT2D eigenvalue weighted by Gasteiger charge is -2.19.